The van der Waals surface area contributed by atoms with Gasteiger partial charge in [0.15, 0.2) is 0 Å². The van der Waals surface area contributed by atoms with Gasteiger partial charge in [-0.1, -0.05) is 27.7 Å². The van der Waals surface area contributed by atoms with Gasteiger partial charge in [-0.05, 0) is 11.8 Å². The lowest BCUT2D eigenvalue weighted by atomic mass is 9.90. The van der Waals surface area contributed by atoms with Gasteiger partial charge in [-0.2, -0.15) is 0 Å². The smallest absolute Gasteiger partial charge is 0.270 e. The van der Waals surface area contributed by atoms with E-state index in [4.69, 9.17) is 4.74 Å². The summed E-state index contributed by atoms with van der Waals surface area (Å²) in [7, 11) is 0. The molecule has 0 fully saturated rings. The fourth-order valence-corrected chi connectivity index (χ4v) is 2.25. The molecule has 0 saturated heterocycles. The van der Waals surface area contributed by atoms with Crippen molar-refractivity contribution in [3.63, 3.8) is 0 Å². The molecular formula is C12H20N2O2. The summed E-state index contributed by atoms with van der Waals surface area (Å²) in [5.74, 6) is 0.782. The van der Waals surface area contributed by atoms with E-state index in [0.29, 0.717) is 11.8 Å². The van der Waals surface area contributed by atoms with E-state index in [1.54, 1.807) is 0 Å². The number of aromatic amines is 2. The normalized spacial score (nSPS) is 25.1. The zero-order valence-corrected chi connectivity index (χ0v) is 10.3. The van der Waals surface area contributed by atoms with Crippen molar-refractivity contribution < 1.29 is 4.74 Å². The molecule has 1 aliphatic rings. The quantitative estimate of drug-likeness (QED) is 0.807. The molecule has 4 heteroatoms. The number of rotatable bonds is 2. The van der Waals surface area contributed by atoms with Crippen LogP contribution in [0.15, 0.2) is 4.79 Å². The molecule has 0 aromatic carbocycles. The zero-order valence-electron chi connectivity index (χ0n) is 10.3. The van der Waals surface area contributed by atoms with Gasteiger partial charge in [-0.3, -0.25) is 9.89 Å². The summed E-state index contributed by atoms with van der Waals surface area (Å²) >= 11 is 0. The molecule has 1 aromatic heterocycles. The summed E-state index contributed by atoms with van der Waals surface area (Å²) in [5, 5.41) is 5.64. The molecule has 0 bridgehead atoms. The van der Waals surface area contributed by atoms with E-state index < -0.39 is 0 Å². The highest BCUT2D eigenvalue weighted by molar-refractivity contribution is 5.23. The van der Waals surface area contributed by atoms with E-state index in [9.17, 15) is 4.79 Å². The predicted octanol–water partition coefficient (Wildman–Crippen LogP) is 2.00. The van der Waals surface area contributed by atoms with Crippen LogP contribution in [-0.2, 0) is 11.2 Å². The van der Waals surface area contributed by atoms with Crippen molar-refractivity contribution in [1.82, 2.24) is 10.2 Å². The van der Waals surface area contributed by atoms with Gasteiger partial charge in [0.05, 0.1) is 17.8 Å². The molecule has 2 heterocycles. The maximum Gasteiger partial charge on any atom is 0.270 e. The van der Waals surface area contributed by atoms with Crippen LogP contribution in [0.5, 0.6) is 0 Å². The first-order chi connectivity index (χ1) is 7.50. The van der Waals surface area contributed by atoms with Crippen LogP contribution in [0.2, 0.25) is 0 Å². The van der Waals surface area contributed by atoms with Crippen molar-refractivity contribution in [3.8, 4) is 0 Å². The Morgan fingerprint density at radius 2 is 1.88 bits per heavy atom. The van der Waals surface area contributed by atoms with Crippen LogP contribution >= 0.6 is 0 Å². The second-order valence-electron chi connectivity index (χ2n) is 5.26. The van der Waals surface area contributed by atoms with Crippen molar-refractivity contribution in [1.29, 1.82) is 0 Å². The molecule has 0 unspecified atom stereocenters. The third-order valence-corrected chi connectivity index (χ3v) is 3.26. The van der Waals surface area contributed by atoms with Crippen molar-refractivity contribution in [3.05, 3.63) is 21.6 Å². The average molecular weight is 224 g/mol. The molecule has 0 saturated carbocycles. The molecule has 1 aliphatic heterocycles. The van der Waals surface area contributed by atoms with E-state index in [1.165, 1.54) is 0 Å². The molecule has 2 atom stereocenters. The Morgan fingerprint density at radius 1 is 1.19 bits per heavy atom. The lowest BCUT2D eigenvalue weighted by molar-refractivity contribution is -0.0701. The number of ether oxygens (including phenoxy) is 1. The number of H-pyrrole nitrogens is 2. The van der Waals surface area contributed by atoms with E-state index in [1.807, 2.05) is 0 Å². The molecule has 0 spiro atoms. The Morgan fingerprint density at radius 3 is 2.44 bits per heavy atom. The van der Waals surface area contributed by atoms with Crippen LogP contribution in [0.1, 0.15) is 45.1 Å². The number of hydrogen-bond acceptors (Lipinski definition) is 2. The number of nitrogens with one attached hydrogen (secondary N) is 2. The van der Waals surface area contributed by atoms with E-state index in [2.05, 4.69) is 37.9 Å². The van der Waals surface area contributed by atoms with Crippen molar-refractivity contribution in [2.24, 2.45) is 11.8 Å². The van der Waals surface area contributed by atoms with E-state index >= 15 is 0 Å². The minimum absolute atomic E-state index is 0.0316. The largest absolute Gasteiger partial charge is 0.369 e. The van der Waals surface area contributed by atoms with E-state index in [-0.39, 0.29) is 17.8 Å². The molecule has 1 aromatic rings. The van der Waals surface area contributed by atoms with Crippen LogP contribution in [0.4, 0.5) is 0 Å². The number of fused-ring (bicyclic) bond motifs is 1. The van der Waals surface area contributed by atoms with Gasteiger partial charge in [0.2, 0.25) is 0 Å². The monoisotopic (exact) mass is 224 g/mol. The summed E-state index contributed by atoms with van der Waals surface area (Å²) < 4.78 is 6.03. The standard InChI is InChI=1S/C12H20N2O2/c1-6(2)9-5-8-10(12(15)14-13-8)11(16-9)7(3)4/h6-7,9,11H,5H2,1-4H3,(H2,13,14,15)/t9-,11-/m0/s1. The van der Waals surface area contributed by atoms with Crippen LogP contribution in [0.25, 0.3) is 0 Å². The van der Waals surface area contributed by atoms with E-state index in [0.717, 1.165) is 17.7 Å². The van der Waals surface area contributed by atoms with Gasteiger partial charge >= 0.3 is 0 Å². The first-order valence-electron chi connectivity index (χ1n) is 5.95. The lowest BCUT2D eigenvalue weighted by Crippen LogP contribution is -2.34. The highest BCUT2D eigenvalue weighted by atomic mass is 16.5. The van der Waals surface area contributed by atoms with Crippen LogP contribution in [-0.4, -0.2) is 16.3 Å². The second-order valence-corrected chi connectivity index (χ2v) is 5.26. The Hall–Kier alpha value is -1.03. The highest BCUT2D eigenvalue weighted by Crippen LogP contribution is 2.34. The van der Waals surface area contributed by atoms with Gasteiger partial charge in [-0.15, -0.1) is 0 Å². The third kappa shape index (κ3) is 1.82. The Balaban J connectivity index is 2.39. The molecule has 2 rings (SSSR count). The molecule has 16 heavy (non-hydrogen) atoms. The van der Waals surface area contributed by atoms with Crippen molar-refractivity contribution in [2.45, 2.75) is 46.3 Å². The summed E-state index contributed by atoms with van der Waals surface area (Å²) in [6, 6.07) is 0. The molecule has 90 valence electrons. The van der Waals surface area contributed by atoms with Crippen LogP contribution in [0.3, 0.4) is 0 Å². The van der Waals surface area contributed by atoms with Gasteiger partial charge < -0.3 is 9.84 Å². The van der Waals surface area contributed by atoms with Crippen LogP contribution < -0.4 is 5.56 Å². The number of hydrogen-bond donors (Lipinski definition) is 2. The van der Waals surface area contributed by atoms with Gasteiger partial charge in [-0.25, -0.2) is 0 Å². The van der Waals surface area contributed by atoms with Crippen molar-refractivity contribution in [2.75, 3.05) is 0 Å². The molecule has 0 radical (unpaired) electrons. The zero-order chi connectivity index (χ0) is 11.9. The van der Waals surface area contributed by atoms with Crippen LogP contribution in [0, 0.1) is 11.8 Å². The van der Waals surface area contributed by atoms with Gasteiger partial charge in [0.25, 0.3) is 5.56 Å². The summed E-state index contributed by atoms with van der Waals surface area (Å²) in [6.07, 6.45) is 0.923. The second kappa shape index (κ2) is 4.09. The Labute approximate surface area is 95.4 Å². The van der Waals surface area contributed by atoms with Gasteiger partial charge in [0, 0.05) is 12.1 Å². The van der Waals surface area contributed by atoms with Gasteiger partial charge in [0.1, 0.15) is 0 Å². The maximum absolute atomic E-state index is 11.7. The Bertz CT molecular complexity index is 417. The third-order valence-electron chi connectivity index (χ3n) is 3.26. The first kappa shape index (κ1) is 11.5. The molecule has 0 aliphatic carbocycles. The molecule has 2 N–H and O–H groups in total. The van der Waals surface area contributed by atoms with Crippen molar-refractivity contribution >= 4 is 0 Å². The Kier molecular flexibility index (Phi) is 2.93. The fourth-order valence-electron chi connectivity index (χ4n) is 2.25. The number of aromatic nitrogens is 2. The molecular weight excluding hydrogens is 204 g/mol. The highest BCUT2D eigenvalue weighted by Gasteiger charge is 2.34. The maximum atomic E-state index is 11.7. The molecule has 4 nitrogen and oxygen atoms in total. The summed E-state index contributed by atoms with van der Waals surface area (Å²) in [5.41, 5.74) is 1.79. The summed E-state index contributed by atoms with van der Waals surface area (Å²) in [4.78, 5) is 11.7. The lowest BCUT2D eigenvalue weighted by Gasteiger charge is -2.33. The SMILES string of the molecule is CC(C)[C@@H]1Cc2[nH][nH]c(=O)c2[C@H](C(C)C)O1. The summed E-state index contributed by atoms with van der Waals surface area (Å²) in [6.45, 7) is 8.48. The fraction of sp³-hybridized carbons (Fsp3) is 0.750. The molecule has 0 amide bonds. The first-order valence-corrected chi connectivity index (χ1v) is 5.95. The average Bonchev–Trinajstić information content (AvgIpc) is 2.59. The minimum atomic E-state index is -0.0776. The topological polar surface area (TPSA) is 57.9 Å². The predicted molar refractivity (Wildman–Crippen MR) is 62.4 cm³/mol. The minimum Gasteiger partial charge on any atom is -0.369 e.